The largest absolute Gasteiger partial charge is 0.497 e. The number of ether oxygens (including phenoxy) is 3. The molecule has 0 saturated heterocycles. The van der Waals surface area contributed by atoms with Crippen LogP contribution in [0.25, 0.3) is 17.0 Å². The van der Waals surface area contributed by atoms with Crippen LogP contribution in [-0.4, -0.2) is 36.9 Å². The van der Waals surface area contributed by atoms with Crippen LogP contribution < -0.4 is 19.5 Å². The topological polar surface area (TPSA) is 86.8 Å². The molecule has 1 N–H and O–H groups in total. The first kappa shape index (κ1) is 23.8. The van der Waals surface area contributed by atoms with Gasteiger partial charge in [-0.1, -0.05) is 12.1 Å². The van der Waals surface area contributed by atoms with Gasteiger partial charge in [0.2, 0.25) is 0 Å². The number of rotatable bonds is 9. The number of ketones is 1. The van der Waals surface area contributed by atoms with Crippen molar-refractivity contribution in [3.8, 4) is 17.2 Å². The highest BCUT2D eigenvalue weighted by atomic mass is 16.5. The Bertz CT molecular complexity index is 1180. The normalized spacial score (nSPS) is 11.4. The maximum Gasteiger partial charge on any atom is 0.254 e. The average molecular weight is 449 g/mol. The van der Waals surface area contributed by atoms with Crippen LogP contribution >= 0.6 is 0 Å². The number of benzene rings is 2. The third-order valence-corrected chi connectivity index (χ3v) is 4.89. The number of aromatic nitrogens is 1. The van der Waals surface area contributed by atoms with Gasteiger partial charge in [-0.15, -0.1) is 0 Å². The SMILES string of the molecule is CNC(=O)/C(=C/c1ccc(OCc2cnc3ccc(OC)cc3c2OC(C)C)cc1)C(C)=O. The molecule has 2 aromatic carbocycles. The second-order valence-electron chi connectivity index (χ2n) is 7.71. The van der Waals surface area contributed by atoms with E-state index in [-0.39, 0.29) is 24.1 Å². The van der Waals surface area contributed by atoms with Crippen LogP contribution in [-0.2, 0) is 16.2 Å². The fraction of sp³-hybridized carbons (Fsp3) is 0.269. The van der Waals surface area contributed by atoms with Crippen LogP contribution in [0.4, 0.5) is 0 Å². The number of amides is 1. The standard InChI is InChI=1S/C26H28N2O5/c1-16(2)33-25-19(14-28-24-11-10-21(31-5)13-23(24)25)15-32-20-8-6-18(7-9-20)12-22(17(3)29)26(30)27-4/h6-14,16H,15H2,1-5H3,(H,27,30)/b22-12+. The maximum absolute atomic E-state index is 11.9. The number of nitrogens with one attached hydrogen (secondary N) is 1. The van der Waals surface area contributed by atoms with E-state index in [1.807, 2.05) is 32.0 Å². The molecule has 0 aliphatic carbocycles. The molecular formula is C26H28N2O5. The third kappa shape index (κ3) is 5.88. The number of nitrogens with zero attached hydrogens (tertiary/aromatic N) is 1. The molecule has 0 fully saturated rings. The number of methoxy groups -OCH3 is 1. The van der Waals surface area contributed by atoms with E-state index in [4.69, 9.17) is 14.2 Å². The van der Waals surface area contributed by atoms with E-state index in [1.54, 1.807) is 43.6 Å². The van der Waals surface area contributed by atoms with Gasteiger partial charge in [0.1, 0.15) is 23.9 Å². The molecule has 0 unspecified atom stereocenters. The number of hydrogen-bond donors (Lipinski definition) is 1. The molecular weight excluding hydrogens is 420 g/mol. The van der Waals surface area contributed by atoms with Gasteiger partial charge in [0.25, 0.3) is 5.91 Å². The lowest BCUT2D eigenvalue weighted by Crippen LogP contribution is -2.23. The lowest BCUT2D eigenvalue weighted by molar-refractivity contribution is -0.121. The molecule has 0 aliphatic heterocycles. The summed E-state index contributed by atoms with van der Waals surface area (Å²) in [6.45, 7) is 5.56. The van der Waals surface area contributed by atoms with Crippen molar-refractivity contribution >= 4 is 28.7 Å². The van der Waals surface area contributed by atoms with Crippen molar-refractivity contribution in [1.82, 2.24) is 10.3 Å². The first-order chi connectivity index (χ1) is 15.8. The van der Waals surface area contributed by atoms with E-state index >= 15 is 0 Å². The van der Waals surface area contributed by atoms with Crippen molar-refractivity contribution in [3.05, 3.63) is 65.4 Å². The average Bonchev–Trinajstić information content (AvgIpc) is 2.81. The number of Topliss-reactive ketones (excluding diaryl/α,β-unsaturated/α-hetero) is 1. The zero-order chi connectivity index (χ0) is 24.0. The first-order valence-corrected chi connectivity index (χ1v) is 10.6. The highest BCUT2D eigenvalue weighted by Crippen LogP contribution is 2.33. The minimum atomic E-state index is -0.416. The molecule has 0 bridgehead atoms. The molecule has 0 radical (unpaired) electrons. The summed E-state index contributed by atoms with van der Waals surface area (Å²) in [4.78, 5) is 28.1. The molecule has 172 valence electrons. The quantitative estimate of drug-likeness (QED) is 0.298. The summed E-state index contributed by atoms with van der Waals surface area (Å²) in [5.74, 6) is 1.36. The second kappa shape index (κ2) is 10.6. The molecule has 1 heterocycles. The van der Waals surface area contributed by atoms with E-state index in [0.29, 0.717) is 11.5 Å². The molecule has 3 aromatic rings. The van der Waals surface area contributed by atoms with Crippen molar-refractivity contribution in [2.24, 2.45) is 0 Å². The van der Waals surface area contributed by atoms with Gasteiger partial charge >= 0.3 is 0 Å². The Kier molecular flexibility index (Phi) is 7.66. The van der Waals surface area contributed by atoms with Gasteiger partial charge in [0, 0.05) is 18.6 Å². The zero-order valence-electron chi connectivity index (χ0n) is 19.5. The molecule has 1 aromatic heterocycles. The summed E-state index contributed by atoms with van der Waals surface area (Å²) in [5.41, 5.74) is 2.44. The highest BCUT2D eigenvalue weighted by molar-refractivity contribution is 6.21. The third-order valence-electron chi connectivity index (χ3n) is 4.89. The lowest BCUT2D eigenvalue weighted by Gasteiger charge is -2.17. The lowest BCUT2D eigenvalue weighted by atomic mass is 10.1. The molecule has 7 nitrogen and oxygen atoms in total. The number of pyridine rings is 1. The van der Waals surface area contributed by atoms with Gasteiger partial charge in [0.05, 0.1) is 29.9 Å². The van der Waals surface area contributed by atoms with Crippen LogP contribution in [0.15, 0.2) is 54.2 Å². The summed E-state index contributed by atoms with van der Waals surface area (Å²) in [6, 6.07) is 12.8. The number of carbonyl (C=O) groups is 2. The Morgan fingerprint density at radius 2 is 1.79 bits per heavy atom. The van der Waals surface area contributed by atoms with Crippen molar-refractivity contribution < 1.29 is 23.8 Å². The van der Waals surface area contributed by atoms with Crippen LogP contribution in [0.1, 0.15) is 31.9 Å². The number of hydrogen-bond acceptors (Lipinski definition) is 6. The summed E-state index contributed by atoms with van der Waals surface area (Å²) in [6.07, 6.45) is 3.29. The van der Waals surface area contributed by atoms with Crippen LogP contribution in [0.2, 0.25) is 0 Å². The Labute approximate surface area is 193 Å². The minimum absolute atomic E-state index is 0.0255. The summed E-state index contributed by atoms with van der Waals surface area (Å²) < 4.78 is 17.5. The summed E-state index contributed by atoms with van der Waals surface area (Å²) >= 11 is 0. The van der Waals surface area contributed by atoms with Crippen LogP contribution in [0.5, 0.6) is 17.2 Å². The first-order valence-electron chi connectivity index (χ1n) is 10.6. The van der Waals surface area contributed by atoms with Crippen molar-refractivity contribution in [1.29, 1.82) is 0 Å². The predicted molar refractivity (Wildman–Crippen MR) is 128 cm³/mol. The van der Waals surface area contributed by atoms with Gasteiger partial charge in [0.15, 0.2) is 5.78 Å². The molecule has 1 amide bonds. The van der Waals surface area contributed by atoms with Gasteiger partial charge in [-0.2, -0.15) is 0 Å². The summed E-state index contributed by atoms with van der Waals surface area (Å²) in [5, 5.41) is 3.33. The summed E-state index contributed by atoms with van der Waals surface area (Å²) in [7, 11) is 3.11. The second-order valence-corrected chi connectivity index (χ2v) is 7.71. The van der Waals surface area contributed by atoms with Gasteiger partial charge in [-0.3, -0.25) is 14.6 Å². The molecule has 0 saturated carbocycles. The van der Waals surface area contributed by atoms with E-state index in [9.17, 15) is 9.59 Å². The molecule has 7 heteroatoms. The van der Waals surface area contributed by atoms with E-state index in [0.717, 1.165) is 27.8 Å². The molecule has 3 rings (SSSR count). The Balaban J connectivity index is 1.84. The van der Waals surface area contributed by atoms with Gasteiger partial charge in [-0.25, -0.2) is 0 Å². The molecule has 0 aliphatic rings. The fourth-order valence-electron chi connectivity index (χ4n) is 3.24. The van der Waals surface area contributed by atoms with Gasteiger partial charge in [-0.05, 0) is 62.7 Å². The van der Waals surface area contributed by atoms with E-state index in [2.05, 4.69) is 10.3 Å². The Morgan fingerprint density at radius 1 is 1.09 bits per heavy atom. The van der Waals surface area contributed by atoms with Crippen molar-refractivity contribution in [2.75, 3.05) is 14.2 Å². The Hall–Kier alpha value is -3.87. The minimum Gasteiger partial charge on any atom is -0.497 e. The van der Waals surface area contributed by atoms with Crippen molar-refractivity contribution in [2.45, 2.75) is 33.5 Å². The van der Waals surface area contributed by atoms with Crippen molar-refractivity contribution in [3.63, 3.8) is 0 Å². The smallest absolute Gasteiger partial charge is 0.254 e. The zero-order valence-corrected chi connectivity index (χ0v) is 19.5. The highest BCUT2D eigenvalue weighted by Gasteiger charge is 2.15. The fourth-order valence-corrected chi connectivity index (χ4v) is 3.24. The monoisotopic (exact) mass is 448 g/mol. The molecule has 33 heavy (non-hydrogen) atoms. The Morgan fingerprint density at radius 3 is 2.39 bits per heavy atom. The van der Waals surface area contributed by atoms with Gasteiger partial charge < -0.3 is 19.5 Å². The number of carbonyl (C=O) groups excluding carboxylic acids is 2. The van der Waals surface area contributed by atoms with Crippen LogP contribution in [0.3, 0.4) is 0 Å². The number of fused-ring (bicyclic) bond motifs is 1. The van der Waals surface area contributed by atoms with Crippen LogP contribution in [0, 0.1) is 0 Å². The van der Waals surface area contributed by atoms with E-state index < -0.39 is 5.91 Å². The van der Waals surface area contributed by atoms with E-state index in [1.165, 1.54) is 14.0 Å². The number of likely N-dealkylation sites (N-methyl/N-ethyl adjacent to an activating group) is 1. The predicted octanol–water partition coefficient (Wildman–Crippen LogP) is 4.33. The molecule has 0 atom stereocenters. The maximum atomic E-state index is 11.9. The molecule has 0 spiro atoms.